The summed E-state index contributed by atoms with van der Waals surface area (Å²) in [5.41, 5.74) is 19.8. The number of anilines is 6. The monoisotopic (exact) mass is 1420 g/mol. The van der Waals surface area contributed by atoms with E-state index < -0.39 is 10.8 Å². The lowest BCUT2D eigenvalue weighted by molar-refractivity contribution is 0.110. The molecule has 2 aliphatic rings. The molecular formula is C98H78F2N2O6. The fraction of sp³-hybridized carbons (Fsp3) is 0.102. The van der Waals surface area contributed by atoms with Gasteiger partial charge in [-0.3, -0.25) is 0 Å². The summed E-state index contributed by atoms with van der Waals surface area (Å²) in [5.74, 6) is 3.60. The molecule has 14 aromatic rings. The highest BCUT2D eigenvalue weighted by atomic mass is 19.1. The fourth-order valence-electron chi connectivity index (χ4n) is 15.6. The Morgan fingerprint density at radius 3 is 0.954 bits per heavy atom. The molecule has 0 saturated heterocycles. The maximum Gasteiger partial charge on any atom is 0.127 e. The Morgan fingerprint density at radius 1 is 0.296 bits per heavy atom. The van der Waals surface area contributed by atoms with Gasteiger partial charge in [-0.2, -0.15) is 0 Å². The van der Waals surface area contributed by atoms with E-state index in [-0.39, 0.29) is 11.6 Å². The van der Waals surface area contributed by atoms with Gasteiger partial charge in [-0.05, 0) is 261 Å². The lowest BCUT2D eigenvalue weighted by Crippen LogP contribution is -2.28. The SMILES string of the molecule is C=Cc1ccc(Oc2ccc(C3(c4ccc(OCCOCC)cc4)c4ccccc4-c4ccc(N(c5ccc(-c6ccc(N(c7cccc(F)c7)c7ccc8c(c7)C(c7ccc(OCCOCC)cc7)(c7ccc(Oc9ccc(C=C)cc9)cc7)c7ccccc7-8)cc6)cc5)c5cccc(F)c5)cc43)cc2)cc1. The first-order valence-electron chi connectivity index (χ1n) is 36.6. The summed E-state index contributed by atoms with van der Waals surface area (Å²) in [6, 6.07) is 110. The molecule has 2 unspecified atom stereocenters. The summed E-state index contributed by atoms with van der Waals surface area (Å²) < 4.78 is 68.2. The molecule has 16 rings (SSSR count). The zero-order valence-corrected chi connectivity index (χ0v) is 60.1. The second kappa shape index (κ2) is 30.7. The van der Waals surface area contributed by atoms with Crippen molar-refractivity contribution >= 4 is 46.3 Å². The molecule has 0 aromatic heterocycles. The topological polar surface area (TPSA) is 61.9 Å². The van der Waals surface area contributed by atoms with E-state index in [9.17, 15) is 0 Å². The summed E-state index contributed by atoms with van der Waals surface area (Å²) in [6.45, 7) is 14.8. The maximum atomic E-state index is 15.8. The highest BCUT2D eigenvalue weighted by Gasteiger charge is 2.48. The predicted octanol–water partition coefficient (Wildman–Crippen LogP) is 25.0. The first-order valence-corrected chi connectivity index (χ1v) is 36.6. The van der Waals surface area contributed by atoms with Crippen molar-refractivity contribution in [2.24, 2.45) is 0 Å². The van der Waals surface area contributed by atoms with Gasteiger partial charge in [0, 0.05) is 47.3 Å². The second-order valence-electron chi connectivity index (χ2n) is 26.7. The molecule has 530 valence electrons. The number of rotatable bonds is 27. The van der Waals surface area contributed by atoms with Crippen LogP contribution < -0.4 is 28.7 Å². The molecule has 0 saturated carbocycles. The molecule has 14 aromatic carbocycles. The quantitative estimate of drug-likeness (QED) is 0.0472. The number of benzene rings is 14. The van der Waals surface area contributed by atoms with Crippen LogP contribution in [-0.4, -0.2) is 39.6 Å². The van der Waals surface area contributed by atoms with Crippen LogP contribution >= 0.6 is 0 Å². The number of ether oxygens (including phenoxy) is 6. The first kappa shape index (κ1) is 69.5. The van der Waals surface area contributed by atoms with Gasteiger partial charge in [0.15, 0.2) is 0 Å². The number of halogens is 2. The minimum atomic E-state index is -0.836. The van der Waals surface area contributed by atoms with Gasteiger partial charge in [-0.15, -0.1) is 0 Å². The van der Waals surface area contributed by atoms with Crippen molar-refractivity contribution in [3.05, 3.63) is 408 Å². The third-order valence-corrected chi connectivity index (χ3v) is 20.5. The number of hydrogen-bond donors (Lipinski definition) is 0. The van der Waals surface area contributed by atoms with Crippen LogP contribution in [0, 0.1) is 11.6 Å². The van der Waals surface area contributed by atoms with E-state index in [4.69, 9.17) is 28.4 Å². The second-order valence-corrected chi connectivity index (χ2v) is 26.7. The molecule has 2 atom stereocenters. The lowest BCUT2D eigenvalue weighted by Gasteiger charge is -2.35. The lowest BCUT2D eigenvalue weighted by atomic mass is 9.67. The molecule has 0 heterocycles. The van der Waals surface area contributed by atoms with E-state index in [0.29, 0.717) is 62.5 Å². The molecule has 8 nitrogen and oxygen atoms in total. The van der Waals surface area contributed by atoms with Crippen LogP contribution in [0.4, 0.5) is 42.9 Å². The van der Waals surface area contributed by atoms with Crippen LogP contribution in [-0.2, 0) is 20.3 Å². The standard InChI is InChI=1S/C98H78F2N2O6/c1-5-67-23-45-85(46-24-67)107-87-53-35-73(36-54-87)97(71-31-49-83(50-32-71)105-61-59-103-7-3)93-21-11-9-19-89(93)91-57-43-81(65-95(91)97)101(79-17-13-15-75(99)63-79)77-39-27-69(28-40-77)70-29-41-78(42-30-70)102(80-18-14-16-76(100)64-80)82-44-58-92-90-20-10-12-22-94(90)98(96(92)66-82,72-33-51-84(52-34-72)106-62-60-104-8-4)74-37-55-88(56-38-74)108-86-47-25-68(6-2)26-48-86/h5-6,9-58,63-66H,1-2,7-8,59-62H2,3-4H3. The van der Waals surface area contributed by atoms with Crippen molar-refractivity contribution in [2.75, 3.05) is 49.4 Å². The molecule has 0 N–H and O–H groups in total. The van der Waals surface area contributed by atoms with Crippen LogP contribution in [0.15, 0.2) is 341 Å². The van der Waals surface area contributed by atoms with Crippen molar-refractivity contribution in [1.29, 1.82) is 0 Å². The molecule has 0 fully saturated rings. The Balaban J connectivity index is 0.764. The van der Waals surface area contributed by atoms with Crippen LogP contribution in [0.25, 0.3) is 45.5 Å². The van der Waals surface area contributed by atoms with E-state index in [2.05, 4.69) is 205 Å². The zero-order valence-electron chi connectivity index (χ0n) is 60.1. The Morgan fingerprint density at radius 2 is 0.611 bits per heavy atom. The Labute approximate surface area is 629 Å². The van der Waals surface area contributed by atoms with Gasteiger partial charge in [0.25, 0.3) is 0 Å². The van der Waals surface area contributed by atoms with Crippen molar-refractivity contribution in [3.8, 4) is 67.9 Å². The van der Waals surface area contributed by atoms with E-state index in [1.165, 1.54) is 12.1 Å². The third-order valence-electron chi connectivity index (χ3n) is 20.5. The molecule has 10 heteroatoms. The average Bonchev–Trinajstić information content (AvgIpc) is 1.54. The van der Waals surface area contributed by atoms with Gasteiger partial charge in [0.05, 0.1) is 24.0 Å². The van der Waals surface area contributed by atoms with Gasteiger partial charge in [0.2, 0.25) is 0 Å². The molecule has 108 heavy (non-hydrogen) atoms. The minimum absolute atomic E-state index is 0.357. The average molecular weight is 1420 g/mol. The summed E-state index contributed by atoms with van der Waals surface area (Å²) in [7, 11) is 0. The summed E-state index contributed by atoms with van der Waals surface area (Å²) in [6.07, 6.45) is 3.63. The number of fused-ring (bicyclic) bond motifs is 6. The van der Waals surface area contributed by atoms with Gasteiger partial charge in [-0.25, -0.2) is 8.78 Å². The van der Waals surface area contributed by atoms with E-state index in [1.807, 2.05) is 135 Å². The van der Waals surface area contributed by atoms with Crippen molar-refractivity contribution < 1.29 is 37.2 Å². The Kier molecular flexibility index (Phi) is 19.7. The normalized spacial score (nSPS) is 14.4. The summed E-state index contributed by atoms with van der Waals surface area (Å²) in [4.78, 5) is 4.25. The third kappa shape index (κ3) is 13.4. The number of nitrogens with zero attached hydrogens (tertiary/aromatic N) is 2. The predicted molar refractivity (Wildman–Crippen MR) is 433 cm³/mol. The van der Waals surface area contributed by atoms with Gasteiger partial charge in [0.1, 0.15) is 59.3 Å². The van der Waals surface area contributed by atoms with Crippen LogP contribution in [0.5, 0.6) is 34.5 Å². The smallest absolute Gasteiger partial charge is 0.127 e. The minimum Gasteiger partial charge on any atom is -0.491 e. The molecular weight excluding hydrogens is 1340 g/mol. The molecule has 0 bridgehead atoms. The van der Waals surface area contributed by atoms with Gasteiger partial charge in [-0.1, -0.05) is 195 Å². The van der Waals surface area contributed by atoms with Crippen LogP contribution in [0.1, 0.15) is 69.5 Å². The van der Waals surface area contributed by atoms with Crippen LogP contribution in [0.3, 0.4) is 0 Å². The highest BCUT2D eigenvalue weighted by molar-refractivity contribution is 5.92. The molecule has 0 amide bonds. The maximum absolute atomic E-state index is 15.8. The van der Waals surface area contributed by atoms with Crippen molar-refractivity contribution in [3.63, 3.8) is 0 Å². The largest absolute Gasteiger partial charge is 0.491 e. The summed E-state index contributed by atoms with van der Waals surface area (Å²) >= 11 is 0. The van der Waals surface area contributed by atoms with Gasteiger partial charge < -0.3 is 38.2 Å². The Bertz CT molecular complexity index is 5190. The first-order chi connectivity index (χ1) is 53.1. The van der Waals surface area contributed by atoms with Crippen LogP contribution in [0.2, 0.25) is 0 Å². The van der Waals surface area contributed by atoms with E-state index >= 15 is 8.78 Å². The van der Waals surface area contributed by atoms with Gasteiger partial charge >= 0.3 is 0 Å². The molecule has 0 radical (unpaired) electrons. The fourth-order valence-corrected chi connectivity index (χ4v) is 15.6. The zero-order chi connectivity index (χ0) is 73.6. The van der Waals surface area contributed by atoms with Crippen molar-refractivity contribution in [1.82, 2.24) is 0 Å². The number of hydrogen-bond acceptors (Lipinski definition) is 8. The Hall–Kier alpha value is -12.9. The molecule has 2 aliphatic carbocycles. The van der Waals surface area contributed by atoms with E-state index in [1.54, 1.807) is 24.3 Å². The summed E-state index contributed by atoms with van der Waals surface area (Å²) in [5, 5.41) is 0. The highest BCUT2D eigenvalue weighted by Crippen LogP contribution is 2.60. The molecule has 0 aliphatic heterocycles. The van der Waals surface area contributed by atoms with Crippen molar-refractivity contribution in [2.45, 2.75) is 24.7 Å². The van der Waals surface area contributed by atoms with E-state index in [0.717, 1.165) is 135 Å². The molecule has 0 spiro atoms.